The first-order valence-corrected chi connectivity index (χ1v) is 10.4. The standard InChI is InChI=1S/C20H18Cl2N4O.C2HF3O/c1-26-9-16(15-6-13(21)7-18(22)17(15)10-26)12-2-4-14(5-3-12)25-20(27)19-8-23-11-24-19;3-2(4,5)1-6/h2-8,11,16H,9-10H2,1H3,(H,23,24)(H,25,27);1H. The maximum atomic E-state index is 12.1. The number of amides is 1. The van der Waals surface area contributed by atoms with Crippen molar-refractivity contribution in [2.45, 2.75) is 18.6 Å². The molecule has 1 aliphatic rings. The number of carbonyl (C=O) groups excluding carboxylic acids is 2. The molecule has 0 spiro atoms. The fourth-order valence-electron chi connectivity index (χ4n) is 3.51. The molecule has 2 heterocycles. The summed E-state index contributed by atoms with van der Waals surface area (Å²) in [6.07, 6.45) is -2.73. The van der Waals surface area contributed by atoms with Crippen molar-refractivity contribution in [2.75, 3.05) is 18.9 Å². The second-order valence-corrected chi connectivity index (χ2v) is 8.25. The topological polar surface area (TPSA) is 78.1 Å². The Kier molecular flexibility index (Phi) is 7.78. The maximum Gasteiger partial charge on any atom is 0.446 e. The highest BCUT2D eigenvalue weighted by Crippen LogP contribution is 2.38. The number of likely N-dealkylation sites (N-methyl/N-ethyl adjacent to an activating group) is 1. The highest BCUT2D eigenvalue weighted by Gasteiger charge is 2.27. The van der Waals surface area contributed by atoms with Crippen LogP contribution >= 0.6 is 23.2 Å². The summed E-state index contributed by atoms with van der Waals surface area (Å²) in [5.74, 6) is -0.0473. The minimum atomic E-state index is -4.64. The number of halogens is 5. The fraction of sp³-hybridized carbons (Fsp3) is 0.227. The van der Waals surface area contributed by atoms with E-state index in [2.05, 4.69) is 27.2 Å². The van der Waals surface area contributed by atoms with Gasteiger partial charge in [0.05, 0.1) is 12.5 Å². The van der Waals surface area contributed by atoms with Crippen LogP contribution in [0.25, 0.3) is 0 Å². The Hall–Kier alpha value is -2.88. The number of nitrogens with one attached hydrogen (secondary N) is 2. The van der Waals surface area contributed by atoms with Gasteiger partial charge in [0.2, 0.25) is 6.29 Å². The summed E-state index contributed by atoms with van der Waals surface area (Å²) in [6, 6.07) is 11.7. The molecule has 0 bridgehead atoms. The molecular weight excluding hydrogens is 480 g/mol. The third-order valence-corrected chi connectivity index (χ3v) is 5.50. The van der Waals surface area contributed by atoms with E-state index in [1.807, 2.05) is 30.3 Å². The van der Waals surface area contributed by atoms with Crippen LogP contribution in [0.1, 0.15) is 33.1 Å². The average molecular weight is 499 g/mol. The molecule has 0 fully saturated rings. The molecule has 174 valence electrons. The van der Waals surface area contributed by atoms with Gasteiger partial charge in [-0.15, -0.1) is 0 Å². The Labute approximate surface area is 197 Å². The lowest BCUT2D eigenvalue weighted by Gasteiger charge is -2.33. The molecule has 11 heteroatoms. The number of rotatable bonds is 3. The summed E-state index contributed by atoms with van der Waals surface area (Å²) in [4.78, 5) is 29.7. The Morgan fingerprint density at radius 1 is 1.24 bits per heavy atom. The first kappa shape index (κ1) is 24.8. The molecule has 0 saturated heterocycles. The Bertz CT molecular complexity index is 1120. The number of alkyl halides is 3. The van der Waals surface area contributed by atoms with Gasteiger partial charge in [-0.3, -0.25) is 9.59 Å². The molecule has 0 saturated carbocycles. The average Bonchev–Trinajstić information content (AvgIpc) is 3.30. The Balaban J connectivity index is 0.000000454. The van der Waals surface area contributed by atoms with Crippen molar-refractivity contribution in [3.05, 3.63) is 81.4 Å². The number of H-pyrrole nitrogens is 1. The van der Waals surface area contributed by atoms with E-state index in [1.165, 1.54) is 18.1 Å². The van der Waals surface area contributed by atoms with Gasteiger partial charge in [0, 0.05) is 34.7 Å². The zero-order valence-electron chi connectivity index (χ0n) is 17.3. The lowest BCUT2D eigenvalue weighted by molar-refractivity contribution is -0.156. The van der Waals surface area contributed by atoms with Crippen molar-refractivity contribution >= 4 is 41.1 Å². The van der Waals surface area contributed by atoms with Crippen LogP contribution in [-0.4, -0.2) is 46.8 Å². The monoisotopic (exact) mass is 498 g/mol. The number of hydrogen-bond donors (Lipinski definition) is 2. The van der Waals surface area contributed by atoms with Crippen LogP contribution in [0.2, 0.25) is 10.0 Å². The second kappa shape index (κ2) is 10.4. The van der Waals surface area contributed by atoms with Crippen LogP contribution in [-0.2, 0) is 11.3 Å². The highest BCUT2D eigenvalue weighted by atomic mass is 35.5. The predicted molar refractivity (Wildman–Crippen MR) is 120 cm³/mol. The van der Waals surface area contributed by atoms with Gasteiger partial charge < -0.3 is 15.2 Å². The van der Waals surface area contributed by atoms with E-state index in [0.29, 0.717) is 15.7 Å². The summed E-state index contributed by atoms with van der Waals surface area (Å²) < 4.78 is 31.2. The van der Waals surface area contributed by atoms with Crippen molar-refractivity contribution in [3.63, 3.8) is 0 Å². The number of carbonyl (C=O) groups is 2. The second-order valence-electron chi connectivity index (χ2n) is 7.41. The van der Waals surface area contributed by atoms with Crippen LogP contribution in [0.5, 0.6) is 0 Å². The molecule has 1 atom stereocenters. The largest absolute Gasteiger partial charge is 0.446 e. The zero-order chi connectivity index (χ0) is 24.2. The molecule has 6 nitrogen and oxygen atoms in total. The van der Waals surface area contributed by atoms with Crippen molar-refractivity contribution in [1.82, 2.24) is 14.9 Å². The van der Waals surface area contributed by atoms with E-state index >= 15 is 0 Å². The van der Waals surface area contributed by atoms with Crippen LogP contribution in [0.15, 0.2) is 48.9 Å². The molecule has 4 rings (SSSR count). The minimum Gasteiger partial charge on any atom is -0.341 e. The van der Waals surface area contributed by atoms with Crippen molar-refractivity contribution in [3.8, 4) is 0 Å². The van der Waals surface area contributed by atoms with Gasteiger partial charge in [0.15, 0.2) is 0 Å². The van der Waals surface area contributed by atoms with Gasteiger partial charge in [-0.2, -0.15) is 13.2 Å². The number of aldehydes is 1. The normalized spacial score (nSPS) is 15.8. The lowest BCUT2D eigenvalue weighted by Crippen LogP contribution is -2.31. The molecule has 1 unspecified atom stereocenters. The lowest BCUT2D eigenvalue weighted by atomic mass is 9.84. The van der Waals surface area contributed by atoms with Gasteiger partial charge in [-0.1, -0.05) is 35.3 Å². The molecule has 1 amide bonds. The molecule has 0 radical (unpaired) electrons. The molecule has 2 aromatic carbocycles. The fourth-order valence-corrected chi connectivity index (χ4v) is 4.08. The molecule has 1 aromatic heterocycles. The summed E-state index contributed by atoms with van der Waals surface area (Å²) in [6.45, 7) is 1.68. The van der Waals surface area contributed by atoms with Gasteiger partial charge in [0.25, 0.3) is 5.91 Å². The van der Waals surface area contributed by atoms with E-state index < -0.39 is 12.5 Å². The number of hydrogen-bond acceptors (Lipinski definition) is 4. The van der Waals surface area contributed by atoms with E-state index in [9.17, 15) is 18.0 Å². The van der Waals surface area contributed by atoms with Crippen molar-refractivity contribution in [1.29, 1.82) is 0 Å². The summed E-state index contributed by atoms with van der Waals surface area (Å²) >= 11 is 12.7. The van der Waals surface area contributed by atoms with E-state index in [-0.39, 0.29) is 11.8 Å². The van der Waals surface area contributed by atoms with Crippen molar-refractivity contribution < 1.29 is 22.8 Å². The van der Waals surface area contributed by atoms with E-state index in [4.69, 9.17) is 28.0 Å². The summed E-state index contributed by atoms with van der Waals surface area (Å²) in [7, 11) is 2.08. The van der Waals surface area contributed by atoms with Crippen LogP contribution in [0, 0.1) is 0 Å². The molecule has 3 aromatic rings. The smallest absolute Gasteiger partial charge is 0.341 e. The summed E-state index contributed by atoms with van der Waals surface area (Å²) in [5, 5.41) is 4.21. The van der Waals surface area contributed by atoms with E-state index in [1.54, 1.807) is 6.07 Å². The Morgan fingerprint density at radius 2 is 1.91 bits per heavy atom. The first-order valence-electron chi connectivity index (χ1n) is 9.66. The van der Waals surface area contributed by atoms with E-state index in [0.717, 1.165) is 29.9 Å². The SMILES string of the molecule is CN1Cc2c(Cl)cc(Cl)cc2C(c2ccc(NC(=O)c3cnc[nH]3)cc2)C1.O=CC(F)(F)F. The highest BCUT2D eigenvalue weighted by molar-refractivity contribution is 6.35. The molecule has 1 aliphatic heterocycles. The van der Waals surface area contributed by atoms with Gasteiger partial charge in [-0.25, -0.2) is 4.98 Å². The summed E-state index contributed by atoms with van der Waals surface area (Å²) in [5.41, 5.74) is 4.59. The van der Waals surface area contributed by atoms with Gasteiger partial charge in [-0.05, 0) is 48.0 Å². The van der Waals surface area contributed by atoms with Gasteiger partial charge in [0.1, 0.15) is 5.69 Å². The third-order valence-electron chi connectivity index (χ3n) is 4.94. The maximum absolute atomic E-state index is 12.1. The number of anilines is 1. The Morgan fingerprint density at radius 3 is 2.48 bits per heavy atom. The zero-order valence-corrected chi connectivity index (χ0v) is 18.8. The van der Waals surface area contributed by atoms with Gasteiger partial charge >= 0.3 is 6.18 Å². The van der Waals surface area contributed by atoms with Crippen LogP contribution in [0.4, 0.5) is 18.9 Å². The number of benzene rings is 2. The molecule has 2 N–H and O–H groups in total. The molecule has 33 heavy (non-hydrogen) atoms. The third kappa shape index (κ3) is 6.56. The quantitative estimate of drug-likeness (QED) is 0.480. The van der Waals surface area contributed by atoms with Crippen LogP contribution < -0.4 is 5.32 Å². The number of aromatic nitrogens is 2. The molecule has 0 aliphatic carbocycles. The minimum absolute atomic E-state index is 0.173. The predicted octanol–water partition coefficient (Wildman–Crippen LogP) is 5.29. The number of imidazole rings is 1. The van der Waals surface area contributed by atoms with Crippen LogP contribution in [0.3, 0.4) is 0 Å². The molecular formula is C22H19Cl2F3N4O2. The number of nitrogens with zero attached hydrogens (tertiary/aromatic N) is 2. The van der Waals surface area contributed by atoms with Crippen molar-refractivity contribution in [2.24, 2.45) is 0 Å². The number of aromatic amines is 1. The first-order chi connectivity index (χ1) is 15.6. The number of fused-ring (bicyclic) bond motifs is 1.